The summed E-state index contributed by atoms with van der Waals surface area (Å²) in [6, 6.07) is 0. The third-order valence-corrected chi connectivity index (χ3v) is 3.18. The van der Waals surface area contributed by atoms with Crippen LogP contribution < -0.4 is 0 Å². The van der Waals surface area contributed by atoms with Crippen LogP contribution in [0.25, 0.3) is 0 Å². The fourth-order valence-corrected chi connectivity index (χ4v) is 1.71. The van der Waals surface area contributed by atoms with Gasteiger partial charge in [-0.05, 0) is 14.1 Å². The molecule has 0 rings (SSSR count). The van der Waals surface area contributed by atoms with E-state index in [0.717, 1.165) is 12.6 Å². The standard InChI is InChI=1S/C19H37NO8/c1-4-19(21)28-18-17-27-16-15-26-14-13-25-12-11-24-10-9-23-8-7-22-6-5-20(2)3/h4H,1,5-18H2,2-3H3. The van der Waals surface area contributed by atoms with Crippen LogP contribution in [0.3, 0.4) is 0 Å². The Balaban J connectivity index is 3.03. The number of ether oxygens (including phenoxy) is 7. The van der Waals surface area contributed by atoms with E-state index in [1.807, 2.05) is 14.1 Å². The van der Waals surface area contributed by atoms with E-state index in [1.54, 1.807) is 0 Å². The molecule has 0 fully saturated rings. The molecule has 0 amide bonds. The molecule has 0 heterocycles. The van der Waals surface area contributed by atoms with Gasteiger partial charge in [0.15, 0.2) is 0 Å². The van der Waals surface area contributed by atoms with Crippen LogP contribution in [-0.4, -0.2) is 117 Å². The Bertz CT molecular complexity index is 355. The molecule has 0 saturated carbocycles. The summed E-state index contributed by atoms with van der Waals surface area (Å²) < 4.78 is 36.9. The normalized spacial score (nSPS) is 11.1. The molecule has 0 atom stereocenters. The van der Waals surface area contributed by atoms with Crippen molar-refractivity contribution >= 4 is 5.97 Å². The highest BCUT2D eigenvalue weighted by Crippen LogP contribution is 1.86. The van der Waals surface area contributed by atoms with Crippen LogP contribution in [0.15, 0.2) is 12.7 Å². The summed E-state index contributed by atoms with van der Waals surface area (Å²) in [5.41, 5.74) is 0. The van der Waals surface area contributed by atoms with Gasteiger partial charge < -0.3 is 38.1 Å². The molecule has 0 unspecified atom stereocenters. The largest absolute Gasteiger partial charge is 0.460 e. The second-order valence-electron chi connectivity index (χ2n) is 5.85. The minimum absolute atomic E-state index is 0.212. The van der Waals surface area contributed by atoms with Crippen LogP contribution in [0.2, 0.25) is 0 Å². The van der Waals surface area contributed by atoms with Crippen molar-refractivity contribution in [2.45, 2.75) is 0 Å². The highest BCUT2D eigenvalue weighted by atomic mass is 16.6. The van der Waals surface area contributed by atoms with Crippen molar-refractivity contribution in [3.63, 3.8) is 0 Å². The molecule has 0 aliphatic carbocycles. The van der Waals surface area contributed by atoms with E-state index in [1.165, 1.54) is 0 Å². The topological polar surface area (TPSA) is 84.9 Å². The molecule has 0 bridgehead atoms. The Hall–Kier alpha value is -1.07. The van der Waals surface area contributed by atoms with Crippen molar-refractivity contribution in [1.29, 1.82) is 0 Å². The molecule has 0 radical (unpaired) electrons. The fraction of sp³-hybridized carbons (Fsp3) is 0.842. The van der Waals surface area contributed by atoms with E-state index >= 15 is 0 Å². The van der Waals surface area contributed by atoms with Gasteiger partial charge in [0.1, 0.15) is 6.61 Å². The van der Waals surface area contributed by atoms with Crippen LogP contribution >= 0.6 is 0 Å². The zero-order chi connectivity index (χ0) is 20.7. The second-order valence-corrected chi connectivity index (χ2v) is 5.85. The predicted molar refractivity (Wildman–Crippen MR) is 105 cm³/mol. The summed E-state index contributed by atoms with van der Waals surface area (Å²) >= 11 is 0. The van der Waals surface area contributed by atoms with E-state index in [2.05, 4.69) is 11.5 Å². The van der Waals surface area contributed by atoms with Gasteiger partial charge in [-0.2, -0.15) is 0 Å². The Morgan fingerprint density at radius 3 is 1.29 bits per heavy atom. The lowest BCUT2D eigenvalue weighted by Gasteiger charge is -2.10. The Kier molecular flexibility index (Phi) is 21.4. The molecule has 0 saturated heterocycles. The van der Waals surface area contributed by atoms with Crippen molar-refractivity contribution in [2.24, 2.45) is 0 Å². The molecule has 9 heteroatoms. The van der Waals surface area contributed by atoms with Crippen molar-refractivity contribution < 1.29 is 38.0 Å². The molecule has 0 aromatic heterocycles. The third kappa shape index (κ3) is 23.0. The highest BCUT2D eigenvalue weighted by Gasteiger charge is 1.96. The number of hydrogen-bond acceptors (Lipinski definition) is 9. The van der Waals surface area contributed by atoms with Gasteiger partial charge in [-0.1, -0.05) is 6.58 Å². The highest BCUT2D eigenvalue weighted by molar-refractivity contribution is 5.81. The van der Waals surface area contributed by atoms with Crippen LogP contribution in [0, 0.1) is 0 Å². The lowest BCUT2D eigenvalue weighted by atomic mass is 10.6. The van der Waals surface area contributed by atoms with Crippen molar-refractivity contribution in [3.05, 3.63) is 12.7 Å². The molecule has 28 heavy (non-hydrogen) atoms. The van der Waals surface area contributed by atoms with Gasteiger partial charge in [-0.15, -0.1) is 0 Å². The summed E-state index contributed by atoms with van der Waals surface area (Å²) in [5, 5.41) is 0. The molecule has 0 aliphatic heterocycles. The van der Waals surface area contributed by atoms with Gasteiger partial charge in [0.05, 0.1) is 79.3 Å². The fourth-order valence-electron chi connectivity index (χ4n) is 1.71. The summed E-state index contributed by atoms with van der Waals surface area (Å²) in [7, 11) is 4.03. The molecule has 9 nitrogen and oxygen atoms in total. The lowest BCUT2D eigenvalue weighted by Crippen LogP contribution is -2.19. The first-order valence-corrected chi connectivity index (χ1v) is 9.57. The average Bonchev–Trinajstić information content (AvgIpc) is 2.68. The van der Waals surface area contributed by atoms with E-state index in [0.29, 0.717) is 79.3 Å². The number of carbonyl (C=O) groups is 1. The zero-order valence-electron chi connectivity index (χ0n) is 17.4. The minimum Gasteiger partial charge on any atom is -0.460 e. The monoisotopic (exact) mass is 407 g/mol. The van der Waals surface area contributed by atoms with Gasteiger partial charge in [-0.3, -0.25) is 0 Å². The van der Waals surface area contributed by atoms with Crippen LogP contribution in [0.5, 0.6) is 0 Å². The summed E-state index contributed by atoms with van der Waals surface area (Å²) in [5.74, 6) is -0.450. The number of hydrogen-bond donors (Lipinski definition) is 0. The number of esters is 1. The molecular formula is C19H37NO8. The maximum Gasteiger partial charge on any atom is 0.330 e. The smallest absolute Gasteiger partial charge is 0.330 e. The predicted octanol–water partition coefficient (Wildman–Crippen LogP) is 0.377. The molecule has 0 N–H and O–H groups in total. The lowest BCUT2D eigenvalue weighted by molar-refractivity contribution is -0.139. The van der Waals surface area contributed by atoms with Gasteiger partial charge in [0, 0.05) is 12.6 Å². The molecule has 166 valence electrons. The molecule has 0 aliphatic rings. The first-order chi connectivity index (χ1) is 13.7. The maximum atomic E-state index is 10.8. The number of carbonyl (C=O) groups excluding carboxylic acids is 1. The maximum absolute atomic E-state index is 10.8. The Labute approximate surface area is 168 Å². The Morgan fingerprint density at radius 1 is 0.643 bits per heavy atom. The van der Waals surface area contributed by atoms with Crippen LogP contribution in [0.1, 0.15) is 0 Å². The molecular weight excluding hydrogens is 370 g/mol. The van der Waals surface area contributed by atoms with Crippen LogP contribution in [-0.2, 0) is 38.0 Å². The second kappa shape index (κ2) is 22.2. The SMILES string of the molecule is C=CC(=O)OCCOCCOCCOCCOCCOCCOCCN(C)C. The van der Waals surface area contributed by atoms with E-state index in [-0.39, 0.29) is 6.61 Å². The van der Waals surface area contributed by atoms with Gasteiger partial charge in [-0.25, -0.2) is 4.79 Å². The van der Waals surface area contributed by atoms with Crippen LogP contribution in [0.4, 0.5) is 0 Å². The first-order valence-electron chi connectivity index (χ1n) is 9.57. The molecule has 0 aromatic rings. The van der Waals surface area contributed by atoms with E-state index < -0.39 is 5.97 Å². The average molecular weight is 408 g/mol. The number of nitrogens with zero attached hydrogens (tertiary/aromatic N) is 1. The van der Waals surface area contributed by atoms with E-state index in [9.17, 15) is 4.79 Å². The molecule has 0 aromatic carbocycles. The van der Waals surface area contributed by atoms with Gasteiger partial charge in [0.2, 0.25) is 0 Å². The first kappa shape index (κ1) is 26.9. The number of likely N-dealkylation sites (N-methyl/N-ethyl adjacent to an activating group) is 1. The van der Waals surface area contributed by atoms with Crippen molar-refractivity contribution in [1.82, 2.24) is 4.90 Å². The van der Waals surface area contributed by atoms with Gasteiger partial charge in [0.25, 0.3) is 0 Å². The molecule has 0 spiro atoms. The zero-order valence-corrected chi connectivity index (χ0v) is 17.4. The number of rotatable bonds is 22. The summed E-state index contributed by atoms with van der Waals surface area (Å²) in [6.07, 6.45) is 1.12. The van der Waals surface area contributed by atoms with Crippen molar-refractivity contribution in [3.8, 4) is 0 Å². The van der Waals surface area contributed by atoms with Gasteiger partial charge >= 0.3 is 5.97 Å². The summed E-state index contributed by atoms with van der Waals surface area (Å²) in [4.78, 5) is 12.8. The summed E-state index contributed by atoms with van der Waals surface area (Å²) in [6.45, 7) is 10.7. The van der Waals surface area contributed by atoms with E-state index in [4.69, 9.17) is 33.2 Å². The minimum atomic E-state index is -0.450. The third-order valence-electron chi connectivity index (χ3n) is 3.18. The quantitative estimate of drug-likeness (QED) is 0.144. The van der Waals surface area contributed by atoms with Crippen molar-refractivity contribution in [2.75, 3.05) is 107 Å². The Morgan fingerprint density at radius 2 is 0.964 bits per heavy atom.